The van der Waals surface area contributed by atoms with Crippen molar-refractivity contribution in [3.63, 3.8) is 0 Å². The van der Waals surface area contributed by atoms with Crippen LogP contribution in [0, 0.1) is 6.92 Å². The molecule has 0 saturated carbocycles. The highest BCUT2D eigenvalue weighted by Crippen LogP contribution is 2.09. The maximum atomic E-state index is 12.0. The van der Waals surface area contributed by atoms with Gasteiger partial charge in [0.05, 0.1) is 6.61 Å². The van der Waals surface area contributed by atoms with Crippen molar-refractivity contribution in [3.05, 3.63) is 69.1 Å². The van der Waals surface area contributed by atoms with E-state index in [2.05, 4.69) is 17.1 Å². The Morgan fingerprint density at radius 3 is 2.52 bits per heavy atom. The molecule has 0 bridgehead atoms. The van der Waals surface area contributed by atoms with Crippen LogP contribution in [-0.4, -0.2) is 17.6 Å². The Labute approximate surface area is 123 Å². The van der Waals surface area contributed by atoms with Crippen LogP contribution in [0.5, 0.6) is 0 Å². The number of hydrogen-bond donors (Lipinski definition) is 1. The molecule has 0 amide bonds. The van der Waals surface area contributed by atoms with E-state index < -0.39 is 5.97 Å². The van der Waals surface area contributed by atoms with Gasteiger partial charge in [-0.15, -0.1) is 0 Å². The Hall–Kier alpha value is -2.36. The van der Waals surface area contributed by atoms with Crippen LogP contribution in [0.15, 0.2) is 41.2 Å². The molecule has 4 heteroatoms. The minimum Gasteiger partial charge on any atom is -0.462 e. The lowest BCUT2D eigenvalue weighted by Gasteiger charge is -2.07. The quantitative estimate of drug-likeness (QED) is 0.859. The molecule has 0 atom stereocenters. The van der Waals surface area contributed by atoms with E-state index in [1.54, 1.807) is 13.8 Å². The summed E-state index contributed by atoms with van der Waals surface area (Å²) in [5.41, 5.74) is 2.41. The molecule has 110 valence electrons. The predicted molar refractivity (Wildman–Crippen MR) is 81.6 cm³/mol. The molecule has 1 aromatic heterocycles. The van der Waals surface area contributed by atoms with Crippen LogP contribution in [0.3, 0.4) is 0 Å². The molecule has 0 fully saturated rings. The van der Waals surface area contributed by atoms with Crippen molar-refractivity contribution in [1.29, 1.82) is 0 Å². The smallest absolute Gasteiger partial charge is 0.344 e. The van der Waals surface area contributed by atoms with Gasteiger partial charge in [0.2, 0.25) is 0 Å². The average Bonchev–Trinajstić information content (AvgIpc) is 2.46. The van der Waals surface area contributed by atoms with E-state index in [0.717, 1.165) is 18.5 Å². The summed E-state index contributed by atoms with van der Waals surface area (Å²) in [6, 6.07) is 11.9. The normalized spacial score (nSPS) is 10.4. The second-order valence-corrected chi connectivity index (χ2v) is 4.89. The second kappa shape index (κ2) is 6.88. The van der Waals surface area contributed by atoms with Gasteiger partial charge in [-0.1, -0.05) is 30.3 Å². The molecule has 1 heterocycles. The standard InChI is InChI=1S/C17H19NO3/c1-3-21-17(20)15-12(2)11-14(18-16(15)19)10-9-13-7-5-4-6-8-13/h4-8,11H,3,9-10H2,1-2H3,(H,18,19). The number of aryl methyl sites for hydroxylation is 3. The molecule has 2 rings (SSSR count). The Morgan fingerprint density at radius 1 is 1.19 bits per heavy atom. The third-order valence-electron chi connectivity index (χ3n) is 3.29. The van der Waals surface area contributed by atoms with Gasteiger partial charge >= 0.3 is 5.97 Å². The lowest BCUT2D eigenvalue weighted by molar-refractivity contribution is 0.0523. The number of benzene rings is 1. The molecule has 21 heavy (non-hydrogen) atoms. The fourth-order valence-corrected chi connectivity index (χ4v) is 2.27. The molecule has 0 radical (unpaired) electrons. The highest BCUT2D eigenvalue weighted by molar-refractivity contribution is 5.90. The number of carbonyl (C=O) groups excluding carboxylic acids is 1. The van der Waals surface area contributed by atoms with Crippen molar-refractivity contribution in [1.82, 2.24) is 4.98 Å². The third-order valence-corrected chi connectivity index (χ3v) is 3.29. The van der Waals surface area contributed by atoms with Crippen LogP contribution in [-0.2, 0) is 17.6 Å². The van der Waals surface area contributed by atoms with E-state index in [0.29, 0.717) is 5.56 Å². The van der Waals surface area contributed by atoms with Gasteiger partial charge in [-0.25, -0.2) is 4.79 Å². The summed E-state index contributed by atoms with van der Waals surface area (Å²) in [5.74, 6) is -0.564. The van der Waals surface area contributed by atoms with Gasteiger partial charge in [0.15, 0.2) is 0 Å². The molecule has 1 aromatic carbocycles. The highest BCUT2D eigenvalue weighted by Gasteiger charge is 2.15. The van der Waals surface area contributed by atoms with Crippen molar-refractivity contribution in [3.8, 4) is 0 Å². The van der Waals surface area contributed by atoms with Crippen LogP contribution < -0.4 is 5.56 Å². The van der Waals surface area contributed by atoms with Gasteiger partial charge in [-0.3, -0.25) is 4.79 Å². The molecule has 1 N–H and O–H groups in total. The number of hydrogen-bond acceptors (Lipinski definition) is 3. The van der Waals surface area contributed by atoms with Crippen molar-refractivity contribution >= 4 is 5.97 Å². The summed E-state index contributed by atoms with van der Waals surface area (Å²) in [6.45, 7) is 3.73. The van der Waals surface area contributed by atoms with Gasteiger partial charge in [-0.05, 0) is 43.9 Å². The minimum absolute atomic E-state index is 0.0975. The first-order valence-corrected chi connectivity index (χ1v) is 7.05. The number of esters is 1. The van der Waals surface area contributed by atoms with Crippen LogP contribution in [0.25, 0.3) is 0 Å². The number of pyridine rings is 1. The maximum Gasteiger partial charge on any atom is 0.344 e. The molecule has 0 saturated heterocycles. The number of H-pyrrole nitrogens is 1. The Bertz CT molecular complexity index is 674. The fourth-order valence-electron chi connectivity index (χ4n) is 2.27. The monoisotopic (exact) mass is 285 g/mol. The summed E-state index contributed by atoms with van der Waals surface area (Å²) >= 11 is 0. The number of aromatic nitrogens is 1. The van der Waals surface area contributed by atoms with Crippen molar-refractivity contribution in [2.45, 2.75) is 26.7 Å². The van der Waals surface area contributed by atoms with Gasteiger partial charge in [0.25, 0.3) is 5.56 Å². The highest BCUT2D eigenvalue weighted by atomic mass is 16.5. The molecule has 0 aliphatic carbocycles. The Kier molecular flexibility index (Phi) is 4.93. The van der Waals surface area contributed by atoms with Crippen molar-refractivity contribution in [2.24, 2.45) is 0 Å². The van der Waals surface area contributed by atoms with Crippen LogP contribution in [0.2, 0.25) is 0 Å². The third kappa shape index (κ3) is 3.81. The molecule has 4 nitrogen and oxygen atoms in total. The number of rotatable bonds is 5. The van der Waals surface area contributed by atoms with Crippen LogP contribution in [0.1, 0.15) is 34.1 Å². The van der Waals surface area contributed by atoms with E-state index >= 15 is 0 Å². The number of aromatic amines is 1. The molecular formula is C17H19NO3. The van der Waals surface area contributed by atoms with Gasteiger partial charge in [0.1, 0.15) is 5.56 Å². The average molecular weight is 285 g/mol. The molecule has 0 aliphatic rings. The topological polar surface area (TPSA) is 59.2 Å². The zero-order valence-electron chi connectivity index (χ0n) is 12.3. The maximum absolute atomic E-state index is 12.0. The van der Waals surface area contributed by atoms with Crippen molar-refractivity contribution < 1.29 is 9.53 Å². The molecule has 0 aliphatic heterocycles. The predicted octanol–water partition coefficient (Wildman–Crippen LogP) is 2.65. The SMILES string of the molecule is CCOC(=O)c1c(C)cc(CCc2ccccc2)[nH]c1=O. The number of ether oxygens (including phenoxy) is 1. The van der Waals surface area contributed by atoms with Gasteiger partial charge < -0.3 is 9.72 Å². The van der Waals surface area contributed by atoms with E-state index in [-0.39, 0.29) is 17.7 Å². The Morgan fingerprint density at radius 2 is 1.90 bits per heavy atom. The first kappa shape index (κ1) is 15.0. The van der Waals surface area contributed by atoms with Crippen LogP contribution in [0.4, 0.5) is 0 Å². The molecule has 0 spiro atoms. The minimum atomic E-state index is -0.564. The van der Waals surface area contributed by atoms with Crippen LogP contribution >= 0.6 is 0 Å². The second-order valence-electron chi connectivity index (χ2n) is 4.89. The first-order chi connectivity index (χ1) is 10.1. The number of carbonyl (C=O) groups is 1. The van der Waals surface area contributed by atoms with E-state index in [4.69, 9.17) is 4.74 Å². The zero-order valence-corrected chi connectivity index (χ0v) is 12.3. The van der Waals surface area contributed by atoms with Crippen molar-refractivity contribution in [2.75, 3.05) is 6.61 Å². The summed E-state index contributed by atoms with van der Waals surface area (Å²) in [7, 11) is 0. The molecule has 2 aromatic rings. The fraction of sp³-hybridized carbons (Fsp3) is 0.294. The summed E-state index contributed by atoms with van der Waals surface area (Å²) in [6.07, 6.45) is 1.57. The molecule has 0 unspecified atom stereocenters. The van der Waals surface area contributed by atoms with Gasteiger partial charge in [-0.2, -0.15) is 0 Å². The number of nitrogens with one attached hydrogen (secondary N) is 1. The summed E-state index contributed by atoms with van der Waals surface area (Å²) < 4.78 is 4.90. The van der Waals surface area contributed by atoms with E-state index in [9.17, 15) is 9.59 Å². The summed E-state index contributed by atoms with van der Waals surface area (Å²) in [4.78, 5) is 26.5. The summed E-state index contributed by atoms with van der Waals surface area (Å²) in [5, 5.41) is 0. The largest absolute Gasteiger partial charge is 0.462 e. The molecular weight excluding hydrogens is 266 g/mol. The first-order valence-electron chi connectivity index (χ1n) is 7.05. The zero-order chi connectivity index (χ0) is 15.2. The van der Waals surface area contributed by atoms with E-state index in [1.165, 1.54) is 5.56 Å². The lowest BCUT2D eigenvalue weighted by Crippen LogP contribution is -2.23. The van der Waals surface area contributed by atoms with Gasteiger partial charge in [0, 0.05) is 5.69 Å². The Balaban J connectivity index is 2.16. The van der Waals surface area contributed by atoms with E-state index in [1.807, 2.05) is 24.3 Å². The lowest BCUT2D eigenvalue weighted by atomic mass is 10.1.